The van der Waals surface area contributed by atoms with Gasteiger partial charge in [0.2, 0.25) is 5.91 Å². The Bertz CT molecular complexity index is 848. The Hall–Kier alpha value is -1.92. The summed E-state index contributed by atoms with van der Waals surface area (Å²) in [5.41, 5.74) is 0. The van der Waals surface area contributed by atoms with Crippen molar-refractivity contribution in [1.82, 2.24) is 4.90 Å². The van der Waals surface area contributed by atoms with Crippen molar-refractivity contribution in [3.8, 4) is 0 Å². The molecule has 0 saturated carbocycles. The number of ketones is 1. The van der Waals surface area contributed by atoms with Gasteiger partial charge in [-0.05, 0) is 77.0 Å². The second-order valence-electron chi connectivity index (χ2n) is 16.3. The Morgan fingerprint density at radius 3 is 1.36 bits per heavy atom. The first-order valence-corrected chi connectivity index (χ1v) is 23.8. The van der Waals surface area contributed by atoms with E-state index in [1.165, 1.54) is 128 Å². The highest BCUT2D eigenvalue weighted by atomic mass is 16.5. The van der Waals surface area contributed by atoms with Crippen LogP contribution in [0.5, 0.6) is 0 Å². The molecular formula is C48H93NO6. The summed E-state index contributed by atoms with van der Waals surface area (Å²) in [5, 5.41) is 0. The fourth-order valence-corrected chi connectivity index (χ4v) is 7.12. The summed E-state index contributed by atoms with van der Waals surface area (Å²) in [7, 11) is 1.93. The minimum absolute atomic E-state index is 0.00491. The molecule has 0 aliphatic carbocycles. The van der Waals surface area contributed by atoms with Crippen molar-refractivity contribution < 1.29 is 28.7 Å². The molecule has 0 radical (unpaired) electrons. The molecule has 326 valence electrons. The number of ether oxygens (including phenoxy) is 2. The maximum absolute atomic E-state index is 12.6. The Morgan fingerprint density at radius 2 is 0.909 bits per heavy atom. The van der Waals surface area contributed by atoms with Crippen LogP contribution in [0.4, 0.5) is 0 Å². The van der Waals surface area contributed by atoms with Crippen molar-refractivity contribution in [3.05, 3.63) is 0 Å². The summed E-state index contributed by atoms with van der Waals surface area (Å²) in [6.45, 7) is 13.2. The minimum Gasteiger partial charge on any atom is -0.468 e. The van der Waals surface area contributed by atoms with E-state index in [2.05, 4.69) is 39.4 Å². The number of rotatable bonds is 41. The molecule has 0 bridgehead atoms. The monoisotopic (exact) mass is 780 g/mol. The highest BCUT2D eigenvalue weighted by Crippen LogP contribution is 2.23. The van der Waals surface area contributed by atoms with Gasteiger partial charge in [0, 0.05) is 32.9 Å². The van der Waals surface area contributed by atoms with Crippen LogP contribution in [-0.4, -0.2) is 55.8 Å². The van der Waals surface area contributed by atoms with E-state index in [0.29, 0.717) is 50.1 Å². The average molecular weight is 780 g/mol. The summed E-state index contributed by atoms with van der Waals surface area (Å²) >= 11 is 0. The fourth-order valence-electron chi connectivity index (χ4n) is 7.12. The first-order valence-electron chi connectivity index (χ1n) is 23.8. The summed E-state index contributed by atoms with van der Waals surface area (Å²) in [5.74, 6) is 1.31. The van der Waals surface area contributed by atoms with Gasteiger partial charge in [0.25, 0.3) is 6.47 Å². The average Bonchev–Trinajstić information content (AvgIpc) is 3.19. The normalized spacial score (nSPS) is 12.0. The minimum atomic E-state index is -0.00491. The van der Waals surface area contributed by atoms with E-state index in [0.717, 1.165) is 77.2 Å². The zero-order valence-corrected chi connectivity index (χ0v) is 37.6. The maximum atomic E-state index is 12.6. The zero-order valence-electron chi connectivity index (χ0n) is 37.6. The lowest BCUT2D eigenvalue weighted by Gasteiger charge is -2.20. The van der Waals surface area contributed by atoms with E-state index < -0.39 is 0 Å². The first-order chi connectivity index (χ1) is 26.8. The number of Topliss-reactive ketones (excluding diaryl/α,β-unsaturated/α-hetero) is 1. The van der Waals surface area contributed by atoms with Crippen molar-refractivity contribution in [2.24, 2.45) is 11.8 Å². The number of unbranched alkanes of at least 4 members (excludes halogenated alkanes) is 20. The SMILES string of the molecule is CCCCCCCCC(CCCCCC)C(=O)OCCCCCC(=O)CCCCCOC=O.CCCCCCCCC(CCCCCC)CC(=O)N(C)CC. The molecule has 0 aromatic carbocycles. The van der Waals surface area contributed by atoms with Crippen LogP contribution in [0.25, 0.3) is 0 Å². The predicted molar refractivity (Wildman–Crippen MR) is 233 cm³/mol. The van der Waals surface area contributed by atoms with Gasteiger partial charge in [-0.15, -0.1) is 0 Å². The maximum Gasteiger partial charge on any atom is 0.308 e. The van der Waals surface area contributed by atoms with Crippen molar-refractivity contribution in [2.45, 2.75) is 247 Å². The van der Waals surface area contributed by atoms with Crippen LogP contribution in [0.15, 0.2) is 0 Å². The molecule has 2 atom stereocenters. The Morgan fingerprint density at radius 1 is 0.509 bits per heavy atom. The Labute approximate surface area is 342 Å². The summed E-state index contributed by atoms with van der Waals surface area (Å²) in [6, 6.07) is 0. The molecule has 0 N–H and O–H groups in total. The quantitative estimate of drug-likeness (QED) is 0.0349. The largest absolute Gasteiger partial charge is 0.468 e. The third-order valence-corrected chi connectivity index (χ3v) is 11.1. The molecule has 0 fully saturated rings. The van der Waals surface area contributed by atoms with Gasteiger partial charge >= 0.3 is 5.97 Å². The molecule has 7 nitrogen and oxygen atoms in total. The molecule has 0 heterocycles. The fraction of sp³-hybridized carbons (Fsp3) is 0.917. The topological polar surface area (TPSA) is 90.0 Å². The van der Waals surface area contributed by atoms with Crippen LogP contribution < -0.4 is 0 Å². The van der Waals surface area contributed by atoms with Crippen LogP contribution >= 0.6 is 0 Å². The van der Waals surface area contributed by atoms with Crippen molar-refractivity contribution in [1.29, 1.82) is 0 Å². The first kappa shape index (κ1) is 55.2. The van der Waals surface area contributed by atoms with Crippen LogP contribution in [0.2, 0.25) is 0 Å². The van der Waals surface area contributed by atoms with E-state index in [1.807, 2.05) is 11.9 Å². The van der Waals surface area contributed by atoms with Crippen LogP contribution in [0.3, 0.4) is 0 Å². The zero-order chi connectivity index (χ0) is 41.0. The molecular weight excluding hydrogens is 687 g/mol. The number of nitrogens with zero attached hydrogens (tertiary/aromatic N) is 1. The van der Waals surface area contributed by atoms with Crippen molar-refractivity contribution in [3.63, 3.8) is 0 Å². The molecule has 0 rings (SSSR count). The summed E-state index contributed by atoms with van der Waals surface area (Å²) in [6.07, 6.45) is 37.3. The molecule has 0 aliphatic rings. The standard InChI is InChI=1S/C28H52O5.C20H41NO/c1-3-5-7-9-10-14-20-26(19-13-8-6-4-2)28(31)33-24-18-12-16-22-27(30)21-15-11-17-23-32-25-29;1-5-8-10-12-13-15-17-19(16-14-11-9-6-2)18-20(22)21(4)7-3/h25-26H,3-24H2,1-2H3;19H,5-18H2,1-4H3. The third-order valence-electron chi connectivity index (χ3n) is 11.1. The van der Waals surface area contributed by atoms with Crippen LogP contribution in [0, 0.1) is 11.8 Å². The molecule has 0 aromatic heterocycles. The Balaban J connectivity index is 0. The van der Waals surface area contributed by atoms with E-state index in [4.69, 9.17) is 4.74 Å². The van der Waals surface area contributed by atoms with Gasteiger partial charge in [0.05, 0.1) is 19.1 Å². The smallest absolute Gasteiger partial charge is 0.308 e. The van der Waals surface area contributed by atoms with Crippen molar-refractivity contribution in [2.75, 3.05) is 26.8 Å². The lowest BCUT2D eigenvalue weighted by molar-refractivity contribution is -0.149. The number of hydrogen-bond acceptors (Lipinski definition) is 6. The molecule has 0 saturated heterocycles. The Kier molecular flexibility index (Phi) is 44.9. The van der Waals surface area contributed by atoms with Crippen LogP contribution in [-0.2, 0) is 28.7 Å². The predicted octanol–water partition coefficient (Wildman–Crippen LogP) is 13.9. The molecule has 7 heteroatoms. The molecule has 1 amide bonds. The van der Waals surface area contributed by atoms with Crippen LogP contribution in [0.1, 0.15) is 247 Å². The van der Waals surface area contributed by atoms with E-state index in [9.17, 15) is 19.2 Å². The molecule has 2 unspecified atom stereocenters. The number of hydrogen-bond donors (Lipinski definition) is 0. The summed E-state index contributed by atoms with van der Waals surface area (Å²) in [4.78, 5) is 48.6. The van der Waals surface area contributed by atoms with E-state index in [-0.39, 0.29) is 11.9 Å². The molecule has 0 aliphatic heterocycles. The third kappa shape index (κ3) is 40.1. The van der Waals surface area contributed by atoms with Gasteiger partial charge in [0.15, 0.2) is 0 Å². The van der Waals surface area contributed by atoms with E-state index >= 15 is 0 Å². The summed E-state index contributed by atoms with van der Waals surface area (Å²) < 4.78 is 10.3. The van der Waals surface area contributed by atoms with Gasteiger partial charge in [-0.3, -0.25) is 19.2 Å². The highest BCUT2D eigenvalue weighted by molar-refractivity contribution is 5.78. The molecule has 55 heavy (non-hydrogen) atoms. The lowest BCUT2D eigenvalue weighted by Crippen LogP contribution is -2.28. The van der Waals surface area contributed by atoms with Gasteiger partial charge < -0.3 is 14.4 Å². The van der Waals surface area contributed by atoms with Gasteiger partial charge in [-0.1, -0.05) is 156 Å². The molecule has 0 spiro atoms. The second kappa shape index (κ2) is 44.8. The van der Waals surface area contributed by atoms with E-state index in [1.54, 1.807) is 0 Å². The molecule has 0 aromatic rings. The van der Waals surface area contributed by atoms with Gasteiger partial charge in [-0.25, -0.2) is 0 Å². The number of esters is 1. The lowest BCUT2D eigenvalue weighted by atomic mass is 9.91. The van der Waals surface area contributed by atoms with Gasteiger partial charge in [0.1, 0.15) is 5.78 Å². The number of amides is 1. The second-order valence-corrected chi connectivity index (χ2v) is 16.3. The van der Waals surface area contributed by atoms with Crippen molar-refractivity contribution >= 4 is 24.1 Å². The van der Waals surface area contributed by atoms with Gasteiger partial charge in [-0.2, -0.15) is 0 Å². The highest BCUT2D eigenvalue weighted by Gasteiger charge is 2.19. The number of carbonyl (C=O) groups excluding carboxylic acids is 4. The number of carbonyl (C=O) groups is 4.